The Hall–Kier alpha value is -3.60. The topological polar surface area (TPSA) is 77.8 Å². The van der Waals surface area contributed by atoms with Crippen LogP contribution in [0.2, 0.25) is 0 Å². The number of anilines is 3. The molecule has 0 fully saturated rings. The van der Waals surface area contributed by atoms with Crippen molar-refractivity contribution >= 4 is 29.0 Å². The SMILES string of the molecule is Cc1ccc(C(=O)O)c(N(c2ccccc2)c2ccccc2)c1C(=O)O. The van der Waals surface area contributed by atoms with E-state index in [-0.39, 0.29) is 16.8 Å². The Balaban J connectivity index is 2.40. The Morgan fingerprint density at radius 3 is 1.65 bits per heavy atom. The summed E-state index contributed by atoms with van der Waals surface area (Å²) in [4.78, 5) is 25.5. The molecule has 0 aliphatic carbocycles. The first-order valence-electron chi connectivity index (χ1n) is 8.01. The van der Waals surface area contributed by atoms with Crippen molar-refractivity contribution in [3.63, 3.8) is 0 Å². The van der Waals surface area contributed by atoms with E-state index in [0.717, 1.165) is 0 Å². The fraction of sp³-hybridized carbons (Fsp3) is 0.0476. The molecule has 3 aromatic rings. The number of aryl methyl sites for hydroxylation is 1. The van der Waals surface area contributed by atoms with Gasteiger partial charge < -0.3 is 15.1 Å². The maximum atomic E-state index is 12.0. The first kappa shape index (κ1) is 17.2. The van der Waals surface area contributed by atoms with Crippen LogP contribution in [0.15, 0.2) is 72.8 Å². The lowest BCUT2D eigenvalue weighted by Gasteiger charge is -2.28. The van der Waals surface area contributed by atoms with Crippen LogP contribution in [0.4, 0.5) is 17.1 Å². The van der Waals surface area contributed by atoms with Gasteiger partial charge in [0.2, 0.25) is 0 Å². The normalized spacial score (nSPS) is 10.3. The van der Waals surface area contributed by atoms with E-state index in [1.165, 1.54) is 12.1 Å². The maximum Gasteiger partial charge on any atom is 0.338 e. The van der Waals surface area contributed by atoms with Crippen LogP contribution < -0.4 is 4.90 Å². The van der Waals surface area contributed by atoms with Crippen molar-refractivity contribution in [1.82, 2.24) is 0 Å². The lowest BCUT2D eigenvalue weighted by Crippen LogP contribution is -2.19. The molecule has 0 aromatic heterocycles. The van der Waals surface area contributed by atoms with Crippen molar-refractivity contribution < 1.29 is 19.8 Å². The van der Waals surface area contributed by atoms with Gasteiger partial charge in [0.05, 0.1) is 16.8 Å². The lowest BCUT2D eigenvalue weighted by molar-refractivity contribution is 0.0695. The monoisotopic (exact) mass is 347 g/mol. The molecule has 3 rings (SSSR count). The summed E-state index contributed by atoms with van der Waals surface area (Å²) in [6.07, 6.45) is 0. The molecule has 0 aliphatic heterocycles. The Bertz CT molecular complexity index is 913. The highest BCUT2D eigenvalue weighted by Gasteiger charge is 2.27. The number of hydrogen-bond donors (Lipinski definition) is 2. The standard InChI is InChI=1S/C21H17NO4/c1-14-12-13-17(20(23)24)19(18(14)21(25)26)22(15-8-4-2-5-9-15)16-10-6-3-7-11-16/h2-13H,1H3,(H,23,24)(H,25,26). The van der Waals surface area contributed by atoms with E-state index in [1.54, 1.807) is 11.8 Å². The quantitative estimate of drug-likeness (QED) is 0.689. The van der Waals surface area contributed by atoms with Gasteiger partial charge in [-0.05, 0) is 42.8 Å². The minimum atomic E-state index is -1.18. The predicted molar refractivity (Wildman–Crippen MR) is 99.8 cm³/mol. The van der Waals surface area contributed by atoms with Crippen molar-refractivity contribution in [2.75, 3.05) is 4.90 Å². The van der Waals surface area contributed by atoms with Crippen LogP contribution in [0.3, 0.4) is 0 Å². The number of rotatable bonds is 5. The highest BCUT2D eigenvalue weighted by Crippen LogP contribution is 2.40. The number of carboxylic acids is 2. The second-order valence-electron chi connectivity index (χ2n) is 5.77. The summed E-state index contributed by atoms with van der Waals surface area (Å²) in [7, 11) is 0. The number of carboxylic acid groups (broad SMARTS) is 2. The number of para-hydroxylation sites is 2. The second-order valence-corrected chi connectivity index (χ2v) is 5.77. The van der Waals surface area contributed by atoms with Crippen molar-refractivity contribution in [2.45, 2.75) is 6.92 Å². The van der Waals surface area contributed by atoms with Gasteiger partial charge in [-0.2, -0.15) is 0 Å². The second kappa shape index (κ2) is 7.11. The van der Waals surface area contributed by atoms with E-state index in [1.807, 2.05) is 60.7 Å². The van der Waals surface area contributed by atoms with E-state index in [4.69, 9.17) is 0 Å². The zero-order valence-corrected chi connectivity index (χ0v) is 14.1. The number of hydrogen-bond acceptors (Lipinski definition) is 3. The van der Waals surface area contributed by atoms with Crippen LogP contribution in [-0.2, 0) is 0 Å². The molecule has 0 unspecified atom stereocenters. The molecule has 0 atom stereocenters. The average Bonchev–Trinajstić information content (AvgIpc) is 2.63. The fourth-order valence-electron chi connectivity index (χ4n) is 2.93. The van der Waals surface area contributed by atoms with E-state index in [9.17, 15) is 19.8 Å². The molecule has 3 aromatic carbocycles. The molecule has 0 saturated carbocycles. The molecular weight excluding hydrogens is 330 g/mol. The summed E-state index contributed by atoms with van der Waals surface area (Å²) in [6.45, 7) is 1.66. The van der Waals surface area contributed by atoms with Crippen molar-refractivity contribution in [3.8, 4) is 0 Å². The van der Waals surface area contributed by atoms with E-state index in [0.29, 0.717) is 16.9 Å². The third kappa shape index (κ3) is 3.15. The van der Waals surface area contributed by atoms with Crippen molar-refractivity contribution in [1.29, 1.82) is 0 Å². The number of nitrogens with zero attached hydrogens (tertiary/aromatic N) is 1. The van der Waals surface area contributed by atoms with Crippen LogP contribution in [0.5, 0.6) is 0 Å². The third-order valence-corrected chi connectivity index (χ3v) is 4.08. The summed E-state index contributed by atoms with van der Waals surface area (Å²) < 4.78 is 0. The molecule has 5 nitrogen and oxygen atoms in total. The highest BCUT2D eigenvalue weighted by atomic mass is 16.4. The van der Waals surface area contributed by atoms with Gasteiger partial charge in [0.1, 0.15) is 0 Å². The van der Waals surface area contributed by atoms with Gasteiger partial charge in [0, 0.05) is 11.4 Å². The highest BCUT2D eigenvalue weighted by molar-refractivity contribution is 6.07. The van der Waals surface area contributed by atoms with E-state index < -0.39 is 11.9 Å². The first-order chi connectivity index (χ1) is 12.5. The van der Waals surface area contributed by atoms with Crippen molar-refractivity contribution in [2.24, 2.45) is 0 Å². The third-order valence-electron chi connectivity index (χ3n) is 4.08. The van der Waals surface area contributed by atoms with Crippen LogP contribution >= 0.6 is 0 Å². The molecule has 0 bridgehead atoms. The lowest BCUT2D eigenvalue weighted by atomic mass is 9.99. The summed E-state index contributed by atoms with van der Waals surface area (Å²) in [5.74, 6) is -2.35. The minimum absolute atomic E-state index is 0.0300. The zero-order chi connectivity index (χ0) is 18.7. The molecular formula is C21H17NO4. The summed E-state index contributed by atoms with van der Waals surface area (Å²) in [5.41, 5.74) is 1.89. The molecule has 5 heteroatoms. The summed E-state index contributed by atoms with van der Waals surface area (Å²) in [6, 6.07) is 21.2. The molecule has 2 N–H and O–H groups in total. The maximum absolute atomic E-state index is 12.0. The minimum Gasteiger partial charge on any atom is -0.478 e. The number of carbonyl (C=O) groups is 2. The molecule has 0 saturated heterocycles. The largest absolute Gasteiger partial charge is 0.478 e. The first-order valence-corrected chi connectivity index (χ1v) is 8.01. The Labute approximate surface area is 150 Å². The zero-order valence-electron chi connectivity index (χ0n) is 14.1. The molecule has 0 heterocycles. The Kier molecular flexibility index (Phi) is 4.71. The van der Waals surface area contributed by atoms with Gasteiger partial charge in [-0.15, -0.1) is 0 Å². The molecule has 26 heavy (non-hydrogen) atoms. The molecule has 0 spiro atoms. The molecule has 0 aliphatic rings. The van der Waals surface area contributed by atoms with Crippen LogP contribution in [0.1, 0.15) is 26.3 Å². The summed E-state index contributed by atoms with van der Waals surface area (Å²) >= 11 is 0. The van der Waals surface area contributed by atoms with Crippen LogP contribution in [0, 0.1) is 6.92 Å². The van der Waals surface area contributed by atoms with Gasteiger partial charge in [-0.25, -0.2) is 9.59 Å². The molecule has 0 radical (unpaired) electrons. The van der Waals surface area contributed by atoms with Crippen molar-refractivity contribution in [3.05, 3.63) is 89.5 Å². The average molecular weight is 347 g/mol. The van der Waals surface area contributed by atoms with Gasteiger partial charge >= 0.3 is 11.9 Å². The molecule has 0 amide bonds. The predicted octanol–water partition coefficient (Wildman–Crippen LogP) is 4.86. The Morgan fingerprint density at radius 1 is 0.731 bits per heavy atom. The molecule has 130 valence electrons. The summed E-state index contributed by atoms with van der Waals surface area (Å²) in [5, 5.41) is 19.5. The van der Waals surface area contributed by atoms with E-state index in [2.05, 4.69) is 0 Å². The number of aromatic carboxylic acids is 2. The van der Waals surface area contributed by atoms with Gasteiger partial charge in [0.15, 0.2) is 0 Å². The number of benzene rings is 3. The van der Waals surface area contributed by atoms with Crippen LogP contribution in [0.25, 0.3) is 0 Å². The van der Waals surface area contributed by atoms with Gasteiger partial charge in [-0.1, -0.05) is 42.5 Å². The smallest absolute Gasteiger partial charge is 0.338 e. The Morgan fingerprint density at radius 2 is 1.23 bits per heavy atom. The van der Waals surface area contributed by atoms with Gasteiger partial charge in [-0.3, -0.25) is 0 Å². The fourth-order valence-corrected chi connectivity index (χ4v) is 2.93. The van der Waals surface area contributed by atoms with E-state index >= 15 is 0 Å². The van der Waals surface area contributed by atoms with Crippen LogP contribution in [-0.4, -0.2) is 22.2 Å². The van der Waals surface area contributed by atoms with Gasteiger partial charge in [0.25, 0.3) is 0 Å².